The minimum atomic E-state index is -0.356. The molecule has 1 N–H and O–H groups in total. The largest absolute Gasteiger partial charge is 0.380 e. The monoisotopic (exact) mass is 232 g/mol. The topological polar surface area (TPSA) is 35.8 Å². The number of nitrogens with one attached hydrogen (secondary N) is 1. The highest BCUT2D eigenvalue weighted by molar-refractivity contribution is 5.51. The lowest BCUT2D eigenvalue weighted by Gasteiger charge is -2.35. The van der Waals surface area contributed by atoms with Crippen molar-refractivity contribution in [3.05, 3.63) is 29.6 Å². The van der Waals surface area contributed by atoms with Gasteiger partial charge in [0.1, 0.15) is 5.82 Å². The summed E-state index contributed by atoms with van der Waals surface area (Å²) in [5, 5.41) is 12.2. The molecule has 0 heterocycles. The van der Waals surface area contributed by atoms with Crippen LogP contribution in [-0.2, 0) is 0 Å². The second kappa shape index (κ2) is 4.75. The van der Waals surface area contributed by atoms with E-state index < -0.39 is 0 Å². The van der Waals surface area contributed by atoms with Gasteiger partial charge in [0.15, 0.2) is 0 Å². The highest BCUT2D eigenvalue weighted by Gasteiger charge is 2.26. The summed E-state index contributed by atoms with van der Waals surface area (Å²) in [6, 6.07) is 6.41. The van der Waals surface area contributed by atoms with Crippen LogP contribution >= 0.6 is 0 Å². The van der Waals surface area contributed by atoms with Crippen LogP contribution in [0.2, 0.25) is 0 Å². The molecule has 0 atom stereocenters. The molecule has 1 aliphatic carbocycles. The predicted molar refractivity (Wildman–Crippen MR) is 66.2 cm³/mol. The Kier molecular flexibility index (Phi) is 3.33. The quantitative estimate of drug-likeness (QED) is 0.841. The normalized spacial score (nSPS) is 18.4. The van der Waals surface area contributed by atoms with E-state index in [-0.39, 0.29) is 11.4 Å². The minimum Gasteiger partial charge on any atom is -0.380 e. The lowest BCUT2D eigenvalue weighted by atomic mass is 9.83. The molecule has 0 aromatic heterocycles. The third-order valence-corrected chi connectivity index (χ3v) is 3.43. The number of halogens is 1. The van der Waals surface area contributed by atoms with Crippen molar-refractivity contribution in [1.29, 1.82) is 5.26 Å². The number of rotatable bonds is 2. The van der Waals surface area contributed by atoms with Gasteiger partial charge in [-0.3, -0.25) is 0 Å². The van der Waals surface area contributed by atoms with Gasteiger partial charge in [0.05, 0.1) is 11.6 Å². The Morgan fingerprint density at radius 1 is 1.24 bits per heavy atom. The fraction of sp³-hybridized carbons (Fsp3) is 0.500. The Hall–Kier alpha value is -1.56. The van der Waals surface area contributed by atoms with E-state index in [1.165, 1.54) is 31.4 Å². The molecular formula is C14H17FN2. The van der Waals surface area contributed by atoms with Crippen LogP contribution < -0.4 is 5.32 Å². The second-order valence-electron chi connectivity index (χ2n) is 5.09. The van der Waals surface area contributed by atoms with Crippen molar-refractivity contribution in [2.75, 3.05) is 5.32 Å². The molecule has 0 unspecified atom stereocenters. The summed E-state index contributed by atoms with van der Waals surface area (Å²) in [6.45, 7) is 2.17. The Morgan fingerprint density at radius 2 is 1.94 bits per heavy atom. The summed E-state index contributed by atoms with van der Waals surface area (Å²) in [6.07, 6.45) is 5.91. The maximum atomic E-state index is 13.3. The van der Waals surface area contributed by atoms with Crippen LogP contribution in [-0.4, -0.2) is 5.54 Å². The molecule has 3 heteroatoms. The van der Waals surface area contributed by atoms with Crippen LogP contribution in [0.15, 0.2) is 18.2 Å². The molecule has 90 valence electrons. The fourth-order valence-corrected chi connectivity index (χ4v) is 2.53. The molecule has 1 aromatic carbocycles. The first-order valence-corrected chi connectivity index (χ1v) is 6.10. The van der Waals surface area contributed by atoms with E-state index in [1.54, 1.807) is 6.07 Å². The molecule has 0 amide bonds. The molecule has 0 radical (unpaired) electrons. The third-order valence-electron chi connectivity index (χ3n) is 3.43. The molecule has 1 aromatic rings. The van der Waals surface area contributed by atoms with Gasteiger partial charge in [-0.25, -0.2) is 4.39 Å². The molecule has 0 aliphatic heterocycles. The second-order valence-corrected chi connectivity index (χ2v) is 5.09. The van der Waals surface area contributed by atoms with Gasteiger partial charge in [-0.15, -0.1) is 0 Å². The highest BCUT2D eigenvalue weighted by Crippen LogP contribution is 2.31. The molecule has 1 aliphatic rings. The van der Waals surface area contributed by atoms with Crippen LogP contribution in [0.25, 0.3) is 0 Å². The zero-order valence-corrected chi connectivity index (χ0v) is 10.1. The third kappa shape index (κ3) is 2.97. The minimum absolute atomic E-state index is 0.0404. The summed E-state index contributed by atoms with van der Waals surface area (Å²) < 4.78 is 13.3. The zero-order valence-electron chi connectivity index (χ0n) is 10.1. The molecule has 0 saturated heterocycles. The van der Waals surface area contributed by atoms with E-state index >= 15 is 0 Å². The Balaban J connectivity index is 2.17. The van der Waals surface area contributed by atoms with E-state index in [1.807, 2.05) is 6.07 Å². The van der Waals surface area contributed by atoms with E-state index in [2.05, 4.69) is 12.2 Å². The molecule has 2 nitrogen and oxygen atoms in total. The van der Waals surface area contributed by atoms with Gasteiger partial charge < -0.3 is 5.32 Å². The van der Waals surface area contributed by atoms with Gasteiger partial charge in [0, 0.05) is 11.2 Å². The van der Waals surface area contributed by atoms with Crippen LogP contribution in [0, 0.1) is 17.1 Å². The van der Waals surface area contributed by atoms with Crippen LogP contribution in [0.1, 0.15) is 44.6 Å². The van der Waals surface area contributed by atoms with Crippen molar-refractivity contribution < 1.29 is 4.39 Å². The highest BCUT2D eigenvalue weighted by atomic mass is 19.1. The average molecular weight is 232 g/mol. The van der Waals surface area contributed by atoms with Gasteiger partial charge >= 0.3 is 0 Å². The van der Waals surface area contributed by atoms with E-state index in [0.29, 0.717) is 11.3 Å². The lowest BCUT2D eigenvalue weighted by Crippen LogP contribution is -2.36. The maximum Gasteiger partial charge on any atom is 0.126 e. The fourth-order valence-electron chi connectivity index (χ4n) is 2.53. The molecule has 1 saturated carbocycles. The molecule has 2 rings (SSSR count). The Labute approximate surface area is 101 Å². The number of nitrogens with zero attached hydrogens (tertiary/aromatic N) is 1. The lowest BCUT2D eigenvalue weighted by molar-refractivity contribution is 0.349. The first kappa shape index (κ1) is 11.9. The van der Waals surface area contributed by atoms with Gasteiger partial charge in [-0.2, -0.15) is 5.26 Å². The van der Waals surface area contributed by atoms with Gasteiger partial charge in [0.25, 0.3) is 0 Å². The van der Waals surface area contributed by atoms with E-state index in [0.717, 1.165) is 12.8 Å². The SMILES string of the molecule is CC1(Nc2cc(F)cc(C#N)c2)CCCCC1. The molecule has 1 fully saturated rings. The average Bonchev–Trinajstić information content (AvgIpc) is 2.28. The van der Waals surface area contributed by atoms with E-state index in [9.17, 15) is 4.39 Å². The maximum absolute atomic E-state index is 13.3. The summed E-state index contributed by atoms with van der Waals surface area (Å²) in [7, 11) is 0. The Bertz CT molecular complexity index is 442. The van der Waals surface area contributed by atoms with Crippen LogP contribution in [0.4, 0.5) is 10.1 Å². The number of hydrogen-bond donors (Lipinski definition) is 1. The summed E-state index contributed by atoms with van der Waals surface area (Å²) in [5.74, 6) is -0.356. The number of nitriles is 1. The van der Waals surface area contributed by atoms with Crippen LogP contribution in [0.3, 0.4) is 0 Å². The smallest absolute Gasteiger partial charge is 0.126 e. The number of benzene rings is 1. The number of anilines is 1. The van der Waals surface area contributed by atoms with Gasteiger partial charge in [-0.1, -0.05) is 19.3 Å². The van der Waals surface area contributed by atoms with Crippen molar-refractivity contribution in [1.82, 2.24) is 0 Å². The first-order valence-electron chi connectivity index (χ1n) is 6.10. The van der Waals surface area contributed by atoms with Crippen molar-refractivity contribution >= 4 is 5.69 Å². The van der Waals surface area contributed by atoms with Crippen molar-refractivity contribution in [3.8, 4) is 6.07 Å². The standard InChI is InChI=1S/C14H17FN2/c1-14(5-3-2-4-6-14)17-13-8-11(10-16)7-12(15)9-13/h7-9,17H,2-6H2,1H3. The number of hydrogen-bond acceptors (Lipinski definition) is 2. The van der Waals surface area contributed by atoms with Crippen LogP contribution in [0.5, 0.6) is 0 Å². The summed E-state index contributed by atoms with van der Waals surface area (Å²) in [5.41, 5.74) is 1.12. The van der Waals surface area contributed by atoms with Gasteiger partial charge in [-0.05, 0) is 38.0 Å². The predicted octanol–water partition coefficient (Wildman–Crippen LogP) is 3.83. The molecule has 0 bridgehead atoms. The molecule has 0 spiro atoms. The zero-order chi connectivity index (χ0) is 12.3. The van der Waals surface area contributed by atoms with Gasteiger partial charge in [0.2, 0.25) is 0 Å². The summed E-state index contributed by atoms with van der Waals surface area (Å²) in [4.78, 5) is 0. The molecule has 17 heavy (non-hydrogen) atoms. The summed E-state index contributed by atoms with van der Waals surface area (Å²) >= 11 is 0. The van der Waals surface area contributed by atoms with Crippen molar-refractivity contribution in [3.63, 3.8) is 0 Å². The van der Waals surface area contributed by atoms with E-state index in [4.69, 9.17) is 5.26 Å². The first-order chi connectivity index (χ1) is 8.11. The molecular weight excluding hydrogens is 215 g/mol. The Morgan fingerprint density at radius 3 is 2.59 bits per heavy atom. The van der Waals surface area contributed by atoms with Crippen molar-refractivity contribution in [2.24, 2.45) is 0 Å². The van der Waals surface area contributed by atoms with Crippen molar-refractivity contribution in [2.45, 2.75) is 44.6 Å².